The van der Waals surface area contributed by atoms with Gasteiger partial charge >= 0.3 is 24.3 Å². The van der Waals surface area contributed by atoms with Gasteiger partial charge in [0.2, 0.25) is 5.72 Å². The van der Waals surface area contributed by atoms with Gasteiger partial charge in [0, 0.05) is 24.9 Å². The largest absolute Gasteiger partial charge is 0.427 e. The molecule has 232 valence electrons. The standard InChI is InChI=1S/C31H31F6NO5/c32-30(33,34)23-15-19(16-24(17-23)31(35,36)37)18-41-29-22-11-13-38(14-12-22)28(29,42-26(39)27(40)43-29)25(20-7-3-1-4-8-20)21-9-5-2-6-10-21/h1,3-4,7-8,15-17,21-22,25H,2,5-6,9-14,18H2. The molecule has 0 aromatic heterocycles. The minimum atomic E-state index is -5.04. The third-order valence-electron chi connectivity index (χ3n) is 9.46. The number of nitrogens with zero attached hydrogens (tertiary/aromatic N) is 1. The van der Waals surface area contributed by atoms with Crippen LogP contribution in [0.3, 0.4) is 0 Å². The quantitative estimate of drug-likeness (QED) is 0.203. The van der Waals surface area contributed by atoms with E-state index >= 15 is 0 Å². The van der Waals surface area contributed by atoms with Gasteiger partial charge in [-0.3, -0.25) is 4.90 Å². The van der Waals surface area contributed by atoms with Crippen molar-refractivity contribution in [1.29, 1.82) is 0 Å². The molecule has 5 fully saturated rings. The summed E-state index contributed by atoms with van der Waals surface area (Å²) in [6, 6.07) is 10.6. The number of hydrogen-bond acceptors (Lipinski definition) is 6. The van der Waals surface area contributed by atoms with Gasteiger partial charge in [0.1, 0.15) is 0 Å². The number of halogens is 6. The summed E-state index contributed by atoms with van der Waals surface area (Å²) in [5, 5.41) is 0. The van der Waals surface area contributed by atoms with Gasteiger partial charge in [-0.15, -0.1) is 0 Å². The number of alkyl halides is 6. The number of esters is 2. The molecule has 4 saturated heterocycles. The minimum absolute atomic E-state index is 0.0199. The lowest BCUT2D eigenvalue weighted by Gasteiger charge is -2.66. The van der Waals surface area contributed by atoms with Gasteiger partial charge in [0.15, 0.2) is 0 Å². The molecule has 2 aromatic rings. The average molecular weight is 612 g/mol. The van der Waals surface area contributed by atoms with E-state index in [2.05, 4.69) is 0 Å². The first kappa shape index (κ1) is 29.9. The topological polar surface area (TPSA) is 65.1 Å². The molecule has 4 heterocycles. The van der Waals surface area contributed by atoms with Crippen molar-refractivity contribution in [1.82, 2.24) is 4.90 Å². The van der Waals surface area contributed by atoms with Gasteiger partial charge in [-0.25, -0.2) is 9.59 Å². The van der Waals surface area contributed by atoms with Crippen LogP contribution in [0.1, 0.15) is 73.1 Å². The number of piperidine rings is 3. The molecule has 0 spiro atoms. The molecule has 0 N–H and O–H groups in total. The highest BCUT2D eigenvalue weighted by Gasteiger charge is 2.76. The van der Waals surface area contributed by atoms with Gasteiger partial charge in [-0.2, -0.15) is 26.3 Å². The van der Waals surface area contributed by atoms with Crippen molar-refractivity contribution >= 4 is 11.9 Å². The Labute approximate surface area is 244 Å². The van der Waals surface area contributed by atoms with Crippen LogP contribution < -0.4 is 0 Å². The fraction of sp³-hybridized carbons (Fsp3) is 0.548. The molecule has 7 rings (SSSR count). The summed E-state index contributed by atoms with van der Waals surface area (Å²) in [5.41, 5.74) is -4.20. The molecule has 3 unspecified atom stereocenters. The van der Waals surface area contributed by atoms with E-state index in [1.165, 1.54) is 0 Å². The fourth-order valence-corrected chi connectivity index (χ4v) is 7.73. The molecule has 6 nitrogen and oxygen atoms in total. The highest BCUT2D eigenvalue weighted by atomic mass is 19.4. The molecular weight excluding hydrogens is 580 g/mol. The van der Waals surface area contributed by atoms with E-state index in [9.17, 15) is 35.9 Å². The van der Waals surface area contributed by atoms with Crippen molar-refractivity contribution in [3.8, 4) is 0 Å². The van der Waals surface area contributed by atoms with Gasteiger partial charge < -0.3 is 14.2 Å². The Kier molecular flexibility index (Phi) is 7.52. The molecule has 5 aliphatic rings. The van der Waals surface area contributed by atoms with Crippen molar-refractivity contribution < 1.29 is 50.1 Å². The number of rotatable bonds is 6. The lowest BCUT2D eigenvalue weighted by atomic mass is 9.62. The molecule has 1 saturated carbocycles. The number of ether oxygens (including phenoxy) is 3. The molecular formula is C31H31F6NO5. The SMILES string of the molecule is O=C1OC2(OCc3cc(C(F)(F)F)cc(C(F)(F)F)c3)C3CCN(CC3)C2(C(c2ccccc2)C2CCCCC2)OC1=O. The summed E-state index contributed by atoms with van der Waals surface area (Å²) in [7, 11) is 0. The average Bonchev–Trinajstić information content (AvgIpc) is 2.98. The Morgan fingerprint density at radius 3 is 1.98 bits per heavy atom. The third kappa shape index (κ3) is 5.09. The second-order valence-electron chi connectivity index (χ2n) is 11.9. The Bertz CT molecular complexity index is 1330. The van der Waals surface area contributed by atoms with Crippen LogP contribution in [-0.2, 0) is 42.8 Å². The molecule has 3 atom stereocenters. The summed E-state index contributed by atoms with van der Waals surface area (Å²) >= 11 is 0. The number of fused-ring (bicyclic) bond motifs is 2. The third-order valence-corrected chi connectivity index (χ3v) is 9.46. The Morgan fingerprint density at radius 2 is 1.40 bits per heavy atom. The number of hydrogen-bond donors (Lipinski definition) is 0. The van der Waals surface area contributed by atoms with E-state index in [1.807, 2.05) is 35.2 Å². The van der Waals surface area contributed by atoms with Gasteiger partial charge in [-0.05, 0) is 60.9 Å². The molecule has 4 aliphatic heterocycles. The van der Waals surface area contributed by atoms with E-state index in [0.717, 1.165) is 37.7 Å². The summed E-state index contributed by atoms with van der Waals surface area (Å²) in [4.78, 5) is 27.9. The number of benzene rings is 2. The van der Waals surface area contributed by atoms with Crippen molar-refractivity contribution in [2.75, 3.05) is 13.1 Å². The van der Waals surface area contributed by atoms with E-state index in [1.54, 1.807) is 0 Å². The zero-order chi connectivity index (χ0) is 30.6. The molecule has 2 aromatic carbocycles. The predicted octanol–water partition coefficient (Wildman–Crippen LogP) is 6.82. The Balaban J connectivity index is 1.49. The van der Waals surface area contributed by atoms with Gasteiger partial charge in [-0.1, -0.05) is 49.6 Å². The minimum Gasteiger partial charge on any atom is -0.427 e. The summed E-state index contributed by atoms with van der Waals surface area (Å²) in [5.74, 6) is -5.55. The lowest BCUT2D eigenvalue weighted by Crippen LogP contribution is -2.82. The molecule has 43 heavy (non-hydrogen) atoms. The molecule has 2 bridgehead atoms. The maximum atomic E-state index is 13.6. The van der Waals surface area contributed by atoms with E-state index in [4.69, 9.17) is 14.2 Å². The highest BCUT2D eigenvalue weighted by molar-refractivity contribution is 6.30. The van der Waals surface area contributed by atoms with Crippen LogP contribution in [0.15, 0.2) is 48.5 Å². The first-order valence-corrected chi connectivity index (χ1v) is 14.5. The number of carbonyl (C=O) groups excluding carboxylic acids is 2. The maximum Gasteiger partial charge on any atom is 0.420 e. The summed E-state index contributed by atoms with van der Waals surface area (Å²) in [6.07, 6.45) is -4.66. The molecule has 12 heteroatoms. The Hall–Kier alpha value is -3.12. The van der Waals surface area contributed by atoms with Crippen LogP contribution in [0.4, 0.5) is 26.3 Å². The monoisotopic (exact) mass is 611 g/mol. The summed E-state index contributed by atoms with van der Waals surface area (Å²) in [6.45, 7) is 0.229. The first-order chi connectivity index (χ1) is 20.3. The number of carbonyl (C=O) groups is 2. The summed E-state index contributed by atoms with van der Waals surface area (Å²) < 4.78 is 100. The van der Waals surface area contributed by atoms with Crippen molar-refractivity contribution in [3.63, 3.8) is 0 Å². The smallest absolute Gasteiger partial charge is 0.420 e. The predicted molar refractivity (Wildman–Crippen MR) is 139 cm³/mol. The van der Waals surface area contributed by atoms with Crippen LogP contribution in [0.25, 0.3) is 0 Å². The molecule has 1 aliphatic carbocycles. The van der Waals surface area contributed by atoms with Gasteiger partial charge in [0.25, 0.3) is 5.79 Å². The van der Waals surface area contributed by atoms with Crippen molar-refractivity contribution in [3.05, 3.63) is 70.8 Å². The fourth-order valence-electron chi connectivity index (χ4n) is 7.73. The lowest BCUT2D eigenvalue weighted by molar-refractivity contribution is -0.422. The zero-order valence-corrected chi connectivity index (χ0v) is 23.2. The van der Waals surface area contributed by atoms with Crippen LogP contribution in [0.2, 0.25) is 0 Å². The first-order valence-electron chi connectivity index (χ1n) is 14.5. The van der Waals surface area contributed by atoms with E-state index in [0.29, 0.717) is 38.1 Å². The molecule has 0 radical (unpaired) electrons. The van der Waals surface area contributed by atoms with E-state index < -0.39 is 70.9 Å². The van der Waals surface area contributed by atoms with Crippen molar-refractivity contribution in [2.45, 2.75) is 81.3 Å². The second kappa shape index (κ2) is 10.8. The highest BCUT2D eigenvalue weighted by Crippen LogP contribution is 2.61. The zero-order valence-electron chi connectivity index (χ0n) is 23.2. The van der Waals surface area contributed by atoms with E-state index in [-0.39, 0.29) is 12.0 Å². The van der Waals surface area contributed by atoms with Crippen LogP contribution in [0, 0.1) is 11.8 Å². The second-order valence-corrected chi connectivity index (χ2v) is 11.9. The maximum absolute atomic E-state index is 13.6. The van der Waals surface area contributed by atoms with Crippen LogP contribution in [0.5, 0.6) is 0 Å². The van der Waals surface area contributed by atoms with Gasteiger partial charge in [0.05, 0.1) is 17.7 Å². The Morgan fingerprint density at radius 1 is 0.814 bits per heavy atom. The van der Waals surface area contributed by atoms with Crippen LogP contribution in [-0.4, -0.2) is 41.4 Å². The van der Waals surface area contributed by atoms with Crippen LogP contribution >= 0.6 is 0 Å². The molecule has 0 amide bonds. The normalized spacial score (nSPS) is 30.4. The van der Waals surface area contributed by atoms with Crippen molar-refractivity contribution in [2.24, 2.45) is 11.8 Å².